The highest BCUT2D eigenvalue weighted by atomic mass is 32.2. The minimum Gasteiger partial charge on any atom is -0.136 e. The fourth-order valence-corrected chi connectivity index (χ4v) is 2.14. The molecule has 0 fully saturated rings. The Morgan fingerprint density at radius 3 is 2.22 bits per heavy atom. The smallest absolute Gasteiger partial charge is 0.0786 e. The summed E-state index contributed by atoms with van der Waals surface area (Å²) in [6.07, 6.45) is 1.25. The van der Waals surface area contributed by atoms with Gasteiger partial charge in [0.2, 0.25) is 0 Å². The summed E-state index contributed by atoms with van der Waals surface area (Å²) in [5.41, 5.74) is 0. The lowest BCUT2D eigenvalue weighted by molar-refractivity contribution is 1.09. The molecule has 0 amide bonds. The number of thiophene rings is 1. The summed E-state index contributed by atoms with van der Waals surface area (Å²) in [5.74, 6) is 0. The van der Waals surface area contributed by atoms with Gasteiger partial charge in [-0.25, -0.2) is 0 Å². The lowest BCUT2D eigenvalue weighted by Gasteiger charge is -1.56. The van der Waals surface area contributed by atoms with Crippen LogP contribution in [-0.2, 0) is 0 Å². The van der Waals surface area contributed by atoms with Gasteiger partial charge in [0.25, 0.3) is 0 Å². The molecular weight excluding hydrogens is 148 g/mol. The molecule has 2 heterocycles. The second kappa shape index (κ2) is 3.28. The van der Waals surface area contributed by atoms with Crippen molar-refractivity contribution in [3.8, 4) is 0 Å². The lowest BCUT2D eigenvalue weighted by atomic mass is 10.6. The number of hydrogen-bond donors (Lipinski definition) is 0. The lowest BCUT2D eigenvalue weighted by Crippen LogP contribution is -1.27. The Bertz CT molecular complexity index is 162. The van der Waals surface area contributed by atoms with Crippen molar-refractivity contribution < 1.29 is 0 Å². The molecule has 0 aliphatic carbocycles. The van der Waals surface area contributed by atoms with E-state index in [1.165, 1.54) is 15.5 Å². The fraction of sp³-hybridized carbons (Fsp3) is 0.429. The summed E-state index contributed by atoms with van der Waals surface area (Å²) in [6.45, 7) is 4.25. The maximum absolute atomic E-state index is 2.16. The van der Waals surface area contributed by atoms with Crippen molar-refractivity contribution in [2.45, 2.75) is 29.4 Å². The van der Waals surface area contributed by atoms with E-state index >= 15 is 0 Å². The maximum Gasteiger partial charge on any atom is 0.0786 e. The summed E-state index contributed by atoms with van der Waals surface area (Å²) in [7, 11) is 0. The Morgan fingerprint density at radius 1 is 1.44 bits per heavy atom. The van der Waals surface area contributed by atoms with E-state index in [4.69, 9.17) is 0 Å². The van der Waals surface area contributed by atoms with Gasteiger partial charge in [-0.05, 0) is 11.4 Å². The van der Waals surface area contributed by atoms with Crippen LogP contribution < -0.4 is 0 Å². The molecular formula is C7H10S2. The van der Waals surface area contributed by atoms with Crippen LogP contribution in [0.2, 0.25) is 0 Å². The first-order valence-corrected chi connectivity index (χ1v) is 4.83. The third-order valence-corrected chi connectivity index (χ3v) is 2.89. The molecule has 1 aliphatic rings. The van der Waals surface area contributed by atoms with Crippen LogP contribution in [0.1, 0.15) is 20.3 Å². The zero-order valence-electron chi connectivity index (χ0n) is 5.68. The molecule has 9 heavy (non-hydrogen) atoms. The zero-order valence-corrected chi connectivity index (χ0v) is 7.31. The minimum absolute atomic E-state index is 1.25. The molecule has 1 aliphatic heterocycles. The molecule has 0 unspecified atom stereocenters. The molecule has 1 aromatic heterocycles. The average Bonchev–Trinajstić information content (AvgIpc) is 2.43. The van der Waals surface area contributed by atoms with E-state index < -0.39 is 0 Å². The highest BCUT2D eigenvalue weighted by molar-refractivity contribution is 8.07. The predicted octanol–water partition coefficient (Wildman–Crippen LogP) is 3.63. The van der Waals surface area contributed by atoms with E-state index in [1.807, 2.05) is 23.1 Å². The molecule has 0 atom stereocenters. The molecule has 50 valence electrons. The average molecular weight is 158 g/mol. The molecule has 0 N–H and O–H groups in total. The molecule has 0 bridgehead atoms. The van der Waals surface area contributed by atoms with Crippen molar-refractivity contribution in [2.24, 2.45) is 0 Å². The maximum atomic E-state index is 2.16. The molecule has 2 rings (SSSR count). The summed E-state index contributed by atoms with van der Waals surface area (Å²) in [5, 5.41) is 2.13. The van der Waals surface area contributed by atoms with Crippen molar-refractivity contribution in [2.75, 3.05) is 0 Å². The third-order valence-electron chi connectivity index (χ3n) is 0.757. The predicted molar refractivity (Wildman–Crippen MR) is 44.4 cm³/mol. The molecule has 0 saturated heterocycles. The van der Waals surface area contributed by atoms with Gasteiger partial charge in [-0.1, -0.05) is 32.0 Å². The summed E-state index contributed by atoms with van der Waals surface area (Å²) in [4.78, 5) is 1.49. The van der Waals surface area contributed by atoms with Gasteiger partial charge < -0.3 is 0 Å². The van der Waals surface area contributed by atoms with Gasteiger partial charge >= 0.3 is 0 Å². The molecule has 0 spiro atoms. The molecule has 0 nitrogen and oxygen atoms in total. The Morgan fingerprint density at radius 2 is 2.11 bits per heavy atom. The van der Waals surface area contributed by atoms with E-state index in [2.05, 4.69) is 25.3 Å². The second-order valence-electron chi connectivity index (χ2n) is 1.88. The zero-order chi connectivity index (χ0) is 6.69. The molecule has 0 radical (unpaired) electrons. The monoisotopic (exact) mass is 158 g/mol. The summed E-state index contributed by atoms with van der Waals surface area (Å²) < 4.78 is 1.51. The van der Waals surface area contributed by atoms with Gasteiger partial charge in [0.05, 0.1) is 4.21 Å². The van der Waals surface area contributed by atoms with E-state index in [9.17, 15) is 0 Å². The standard InChI is InChI=1S/C4H2S2.C3H8/c1-2-5-4-3(1)6-4;1-3-2/h1-2H;3H2,1-2H3. The number of fused-ring (bicyclic) bond motifs is 1. The summed E-state index contributed by atoms with van der Waals surface area (Å²) in [6, 6.07) is 2.16. The first-order chi connectivity index (χ1) is 4.38. The molecule has 1 aromatic rings. The Hall–Kier alpha value is 0.0500. The number of hydrogen-bond acceptors (Lipinski definition) is 2. The van der Waals surface area contributed by atoms with Crippen LogP contribution in [0.25, 0.3) is 0 Å². The van der Waals surface area contributed by atoms with Crippen LogP contribution in [0.3, 0.4) is 0 Å². The normalized spacial score (nSPS) is 11.3. The number of rotatable bonds is 0. The highest BCUT2D eigenvalue weighted by Gasteiger charge is 2.17. The van der Waals surface area contributed by atoms with Crippen molar-refractivity contribution in [3.63, 3.8) is 0 Å². The van der Waals surface area contributed by atoms with Crippen LogP contribution in [0, 0.1) is 0 Å². The van der Waals surface area contributed by atoms with Crippen LogP contribution in [0.5, 0.6) is 0 Å². The van der Waals surface area contributed by atoms with Crippen LogP contribution in [0.15, 0.2) is 20.6 Å². The topological polar surface area (TPSA) is 0 Å². The fourth-order valence-electron chi connectivity index (χ4n) is 0.416. The molecule has 0 aromatic carbocycles. The van der Waals surface area contributed by atoms with Gasteiger partial charge in [0.15, 0.2) is 0 Å². The first-order valence-electron chi connectivity index (χ1n) is 3.13. The third kappa shape index (κ3) is 2.03. The molecule has 2 heteroatoms. The van der Waals surface area contributed by atoms with E-state index in [-0.39, 0.29) is 0 Å². The van der Waals surface area contributed by atoms with Crippen molar-refractivity contribution in [1.82, 2.24) is 0 Å². The van der Waals surface area contributed by atoms with E-state index in [0.717, 1.165) is 0 Å². The second-order valence-corrected chi connectivity index (χ2v) is 4.11. The highest BCUT2D eigenvalue weighted by Crippen LogP contribution is 2.52. The Balaban J connectivity index is 0.000000120. The van der Waals surface area contributed by atoms with Crippen LogP contribution in [0.4, 0.5) is 0 Å². The first kappa shape index (κ1) is 7.16. The van der Waals surface area contributed by atoms with Gasteiger partial charge in [-0.15, -0.1) is 11.3 Å². The van der Waals surface area contributed by atoms with Crippen molar-refractivity contribution in [1.29, 1.82) is 0 Å². The quantitative estimate of drug-likeness (QED) is 0.528. The summed E-state index contributed by atoms with van der Waals surface area (Å²) >= 11 is 3.72. The van der Waals surface area contributed by atoms with Gasteiger partial charge in [-0.3, -0.25) is 0 Å². The van der Waals surface area contributed by atoms with Gasteiger partial charge in [0.1, 0.15) is 0 Å². The largest absolute Gasteiger partial charge is 0.136 e. The minimum atomic E-state index is 1.25. The van der Waals surface area contributed by atoms with E-state index in [0.29, 0.717) is 0 Å². The van der Waals surface area contributed by atoms with Crippen LogP contribution >= 0.6 is 23.1 Å². The Labute approximate surface area is 64.3 Å². The Kier molecular flexibility index (Phi) is 2.61. The van der Waals surface area contributed by atoms with Gasteiger partial charge in [0, 0.05) is 4.90 Å². The van der Waals surface area contributed by atoms with E-state index in [1.54, 1.807) is 0 Å². The van der Waals surface area contributed by atoms with Crippen molar-refractivity contribution in [3.05, 3.63) is 11.4 Å². The van der Waals surface area contributed by atoms with Crippen molar-refractivity contribution >= 4 is 23.1 Å². The molecule has 0 saturated carbocycles. The van der Waals surface area contributed by atoms with Gasteiger partial charge in [-0.2, -0.15) is 0 Å². The van der Waals surface area contributed by atoms with Crippen LogP contribution in [-0.4, -0.2) is 0 Å². The SMILES string of the molecule is CCC.c1cc2c(s1)S2.